The minimum absolute atomic E-state index is 0.0677. The topological polar surface area (TPSA) is 92.3 Å². The summed E-state index contributed by atoms with van der Waals surface area (Å²) in [6.07, 6.45) is 0.905. The first-order valence-corrected chi connectivity index (χ1v) is 10.7. The fourth-order valence-corrected chi connectivity index (χ4v) is 4.13. The van der Waals surface area contributed by atoms with Gasteiger partial charge in [-0.1, -0.05) is 37.7 Å². The first-order valence-electron chi connectivity index (χ1n) is 9.86. The lowest BCUT2D eigenvalue weighted by Gasteiger charge is -2.13. The number of nitrogens with zero attached hydrogens (tertiary/aromatic N) is 3. The summed E-state index contributed by atoms with van der Waals surface area (Å²) in [5.41, 5.74) is 6.74. The molecule has 0 saturated heterocycles. The van der Waals surface area contributed by atoms with Crippen LogP contribution in [0.15, 0.2) is 58.6 Å². The Labute approximate surface area is 184 Å². The molecule has 3 rings (SSSR count). The van der Waals surface area contributed by atoms with Crippen LogP contribution in [-0.4, -0.2) is 33.8 Å². The highest BCUT2D eigenvalue weighted by molar-refractivity contribution is 7.99. The maximum Gasteiger partial charge on any atom is 0.404 e. The summed E-state index contributed by atoms with van der Waals surface area (Å²) in [5, 5.41) is 0.915. The molecule has 0 saturated carbocycles. The van der Waals surface area contributed by atoms with E-state index in [9.17, 15) is 9.18 Å². The molecule has 2 heterocycles. The van der Waals surface area contributed by atoms with E-state index in [0.717, 1.165) is 21.3 Å². The number of pyridine rings is 1. The Hall–Kier alpha value is -2.91. The fourth-order valence-electron chi connectivity index (χ4n) is 2.92. The number of benzene rings is 1. The second-order valence-electron chi connectivity index (χ2n) is 7.06. The van der Waals surface area contributed by atoms with Crippen LogP contribution in [0.3, 0.4) is 0 Å². The third-order valence-corrected chi connectivity index (χ3v) is 5.44. The molecule has 0 atom stereocenters. The van der Waals surface area contributed by atoms with Gasteiger partial charge in [-0.2, -0.15) is 0 Å². The molecule has 0 aliphatic heterocycles. The summed E-state index contributed by atoms with van der Waals surface area (Å²) in [6.45, 7) is 5.11. The molecule has 0 bridgehead atoms. The predicted molar refractivity (Wildman–Crippen MR) is 115 cm³/mol. The average molecular weight is 445 g/mol. The lowest BCUT2D eigenvalue weighted by Crippen LogP contribution is -2.17. The molecular weight excluding hydrogens is 419 g/mol. The molecular formula is C22H25FN4O3S. The molecule has 1 amide bonds. The summed E-state index contributed by atoms with van der Waals surface area (Å²) in [6, 6.07) is 12.2. The van der Waals surface area contributed by atoms with Gasteiger partial charge in [0, 0.05) is 11.1 Å². The third-order valence-electron chi connectivity index (χ3n) is 4.33. The fraction of sp³-hybridized carbons (Fsp3) is 0.318. The Bertz CT molecular complexity index is 1010. The number of halogens is 1. The van der Waals surface area contributed by atoms with Crippen LogP contribution in [0.5, 0.6) is 0 Å². The van der Waals surface area contributed by atoms with Gasteiger partial charge in [0.15, 0.2) is 0 Å². The highest BCUT2D eigenvalue weighted by Gasteiger charge is 2.21. The van der Waals surface area contributed by atoms with Crippen LogP contribution >= 0.6 is 11.8 Å². The maximum atomic E-state index is 13.8. The summed E-state index contributed by atoms with van der Waals surface area (Å²) < 4.78 is 26.2. The van der Waals surface area contributed by atoms with Gasteiger partial charge in [0.05, 0.1) is 24.5 Å². The number of ether oxygens (including phenoxy) is 2. The molecule has 2 N–H and O–H groups in total. The number of carbonyl (C=O) groups excluding carboxylic acids is 1. The zero-order valence-electron chi connectivity index (χ0n) is 17.5. The average Bonchev–Trinajstić information content (AvgIpc) is 3.06. The van der Waals surface area contributed by atoms with Gasteiger partial charge < -0.3 is 19.8 Å². The minimum atomic E-state index is -0.837. The number of rotatable bonds is 10. The van der Waals surface area contributed by atoms with E-state index in [4.69, 9.17) is 20.2 Å². The Morgan fingerprint density at radius 2 is 2.06 bits per heavy atom. The maximum absolute atomic E-state index is 13.8. The summed E-state index contributed by atoms with van der Waals surface area (Å²) in [4.78, 5) is 20.7. The molecule has 0 aliphatic rings. The highest BCUT2D eigenvalue weighted by Crippen LogP contribution is 2.35. The third kappa shape index (κ3) is 6.53. The highest BCUT2D eigenvalue weighted by atomic mass is 32.2. The number of carbonyl (C=O) groups is 1. The van der Waals surface area contributed by atoms with Crippen LogP contribution in [0.25, 0.3) is 0 Å². The summed E-state index contributed by atoms with van der Waals surface area (Å²) in [5.74, 6) is 0.579. The Morgan fingerprint density at radius 3 is 2.74 bits per heavy atom. The first-order chi connectivity index (χ1) is 14.9. The van der Waals surface area contributed by atoms with Crippen molar-refractivity contribution in [2.24, 2.45) is 5.73 Å². The van der Waals surface area contributed by atoms with E-state index in [1.807, 2.05) is 28.8 Å². The Morgan fingerprint density at radius 1 is 1.23 bits per heavy atom. The number of imidazole rings is 1. The van der Waals surface area contributed by atoms with Crippen LogP contribution in [0.4, 0.5) is 9.18 Å². The van der Waals surface area contributed by atoms with Crippen molar-refractivity contribution in [1.29, 1.82) is 0 Å². The van der Waals surface area contributed by atoms with E-state index in [2.05, 4.69) is 18.8 Å². The second-order valence-corrected chi connectivity index (χ2v) is 8.12. The molecule has 7 nitrogen and oxygen atoms in total. The van der Waals surface area contributed by atoms with Gasteiger partial charge in [0.1, 0.15) is 29.9 Å². The van der Waals surface area contributed by atoms with Crippen molar-refractivity contribution in [1.82, 2.24) is 14.5 Å². The number of hydrogen-bond donors (Lipinski definition) is 1. The summed E-state index contributed by atoms with van der Waals surface area (Å²) >= 11 is 1.46. The molecule has 0 aliphatic carbocycles. The molecule has 2 aromatic heterocycles. The molecule has 0 spiro atoms. The zero-order chi connectivity index (χ0) is 22.2. The molecule has 0 fully saturated rings. The normalized spacial score (nSPS) is 11.1. The van der Waals surface area contributed by atoms with Crippen molar-refractivity contribution in [2.75, 3.05) is 13.2 Å². The van der Waals surface area contributed by atoms with Gasteiger partial charge in [-0.05, 0) is 36.2 Å². The van der Waals surface area contributed by atoms with Gasteiger partial charge in [0.25, 0.3) is 0 Å². The van der Waals surface area contributed by atoms with Crippen molar-refractivity contribution in [3.05, 3.63) is 71.7 Å². The van der Waals surface area contributed by atoms with Crippen molar-refractivity contribution in [2.45, 2.75) is 42.8 Å². The number of primary amides is 1. The van der Waals surface area contributed by atoms with E-state index < -0.39 is 6.09 Å². The molecule has 31 heavy (non-hydrogen) atoms. The monoisotopic (exact) mass is 444 g/mol. The van der Waals surface area contributed by atoms with Crippen LogP contribution in [-0.2, 0) is 22.6 Å². The van der Waals surface area contributed by atoms with Crippen molar-refractivity contribution in [3.8, 4) is 0 Å². The van der Waals surface area contributed by atoms with E-state index in [1.165, 1.54) is 23.9 Å². The van der Waals surface area contributed by atoms with E-state index in [1.54, 1.807) is 12.3 Å². The Kier molecular flexibility index (Phi) is 8.02. The smallest absolute Gasteiger partial charge is 0.404 e. The van der Waals surface area contributed by atoms with Gasteiger partial charge in [0.2, 0.25) is 0 Å². The summed E-state index contributed by atoms with van der Waals surface area (Å²) in [7, 11) is 0. The molecule has 0 radical (unpaired) electrons. The van der Waals surface area contributed by atoms with Gasteiger partial charge >= 0.3 is 6.09 Å². The predicted octanol–water partition coefficient (Wildman–Crippen LogP) is 4.35. The van der Waals surface area contributed by atoms with Gasteiger partial charge in [-0.3, -0.25) is 4.98 Å². The van der Waals surface area contributed by atoms with Crippen LogP contribution in [0.2, 0.25) is 0 Å². The minimum Gasteiger partial charge on any atom is -0.447 e. The number of nitrogens with two attached hydrogens (primary N) is 1. The van der Waals surface area contributed by atoms with E-state index in [-0.39, 0.29) is 31.6 Å². The number of amides is 1. The van der Waals surface area contributed by atoms with E-state index in [0.29, 0.717) is 12.4 Å². The molecule has 0 unspecified atom stereocenters. The standard InChI is InChI=1S/C22H25FN4O3S/c1-15(2)20-21(31-18-8-5-6-16(23)12-18)27(13-17-7-3-4-9-25-17)19(26-20)14-29-10-11-30-22(24)28/h3-9,12,15H,10-11,13-14H2,1-2H3,(H2,24,28). The molecule has 1 aromatic carbocycles. The van der Waals surface area contributed by atoms with Gasteiger partial charge in [-0.25, -0.2) is 14.2 Å². The lowest BCUT2D eigenvalue weighted by molar-refractivity contribution is 0.0637. The van der Waals surface area contributed by atoms with Crippen LogP contribution < -0.4 is 5.73 Å². The molecule has 3 aromatic rings. The lowest BCUT2D eigenvalue weighted by atomic mass is 10.1. The largest absolute Gasteiger partial charge is 0.447 e. The van der Waals surface area contributed by atoms with Crippen LogP contribution in [0.1, 0.15) is 37.0 Å². The first kappa shape index (κ1) is 22.8. The number of aromatic nitrogens is 3. The van der Waals surface area contributed by atoms with Crippen molar-refractivity contribution < 1.29 is 18.7 Å². The second kappa shape index (κ2) is 10.9. The van der Waals surface area contributed by atoms with Crippen LogP contribution in [0, 0.1) is 5.82 Å². The van der Waals surface area contributed by atoms with E-state index >= 15 is 0 Å². The molecule has 9 heteroatoms. The molecule has 164 valence electrons. The van der Waals surface area contributed by atoms with Crippen molar-refractivity contribution in [3.63, 3.8) is 0 Å². The van der Waals surface area contributed by atoms with Crippen molar-refractivity contribution >= 4 is 17.9 Å². The van der Waals surface area contributed by atoms with Gasteiger partial charge in [-0.15, -0.1) is 0 Å². The quantitative estimate of drug-likeness (QED) is 0.467. The Balaban J connectivity index is 1.91. The SMILES string of the molecule is CC(C)c1nc(COCCOC(N)=O)n(Cc2ccccn2)c1Sc1cccc(F)c1. The zero-order valence-corrected chi connectivity index (χ0v) is 18.3. The number of hydrogen-bond acceptors (Lipinski definition) is 6.